The van der Waals surface area contributed by atoms with Gasteiger partial charge in [0.2, 0.25) is 53.2 Å². The van der Waals surface area contributed by atoms with Crippen LogP contribution in [0.2, 0.25) is 0 Å². The molecule has 0 saturated heterocycles. The summed E-state index contributed by atoms with van der Waals surface area (Å²) in [5.74, 6) is -17.8. The molecule has 0 aliphatic rings. The highest BCUT2D eigenvalue weighted by Crippen LogP contribution is 2.17. The van der Waals surface area contributed by atoms with Crippen LogP contribution >= 0.6 is 11.8 Å². The molecule has 0 aliphatic carbocycles. The van der Waals surface area contributed by atoms with Gasteiger partial charge in [-0.1, -0.05) is 48.5 Å². The lowest BCUT2D eigenvalue weighted by atomic mass is 10.0. The molecule has 0 fully saturated rings. The Morgan fingerprint density at radius 3 is 1.04 bits per heavy atom. The minimum atomic E-state index is -2.12. The average Bonchev–Trinajstić information content (AvgIpc) is 0.958. The van der Waals surface area contributed by atoms with Gasteiger partial charge in [-0.05, 0) is 115 Å². The lowest BCUT2D eigenvalue weighted by Gasteiger charge is -2.27. The number of benzene rings is 4. The van der Waals surface area contributed by atoms with E-state index in [1.165, 1.54) is 109 Å². The normalized spacial score (nSPS) is 14.0. The number of thioether (sulfide) groups is 1. The van der Waals surface area contributed by atoms with Crippen LogP contribution < -0.4 is 64.6 Å². The quantitative estimate of drug-likeness (QED) is 0.0120. The van der Waals surface area contributed by atoms with E-state index in [1.54, 1.807) is 6.26 Å². The molecule has 0 spiro atoms. The Bertz CT molecular complexity index is 3440. The van der Waals surface area contributed by atoms with Crippen LogP contribution in [0.5, 0.6) is 23.0 Å². The highest BCUT2D eigenvalue weighted by Gasteiger charge is 2.37. The molecular weight excluding hydrogens is 1290 g/mol. The van der Waals surface area contributed by atoms with Crippen molar-refractivity contribution < 1.29 is 103 Å². The Kier molecular flexibility index (Phi) is 31.3. The number of carbonyl (C=O) groups is 13. The molecule has 0 bridgehead atoms. The second kappa shape index (κ2) is 38.8. The minimum Gasteiger partial charge on any atom is -0.508 e. The number of guanidine groups is 1. The van der Waals surface area contributed by atoms with Crippen molar-refractivity contribution in [1.29, 1.82) is 5.41 Å². The summed E-state index contributed by atoms with van der Waals surface area (Å²) in [7, 11) is 0. The van der Waals surface area contributed by atoms with Crippen molar-refractivity contribution in [3.8, 4) is 23.0 Å². The Hall–Kier alpha value is -11.2. The van der Waals surface area contributed by atoms with Crippen molar-refractivity contribution in [3.63, 3.8) is 0 Å². The predicted molar refractivity (Wildman–Crippen MR) is 345 cm³/mol. The average molecular weight is 1370 g/mol. The summed E-state index contributed by atoms with van der Waals surface area (Å²) in [6, 6.07) is 3.97. The highest BCUT2D eigenvalue weighted by atomic mass is 32.2. The first kappa shape index (κ1) is 78.2. The second-order valence-electron chi connectivity index (χ2n) is 22.2. The van der Waals surface area contributed by atoms with Crippen LogP contribution in [0.25, 0.3) is 0 Å². The van der Waals surface area contributed by atoms with E-state index in [0.29, 0.717) is 11.1 Å². The maximum atomic E-state index is 14.5. The topological polar surface area (TPSA) is 580 Å². The van der Waals surface area contributed by atoms with Crippen molar-refractivity contribution in [2.75, 3.05) is 18.6 Å². The fraction of sp³-hybridized carbons (Fsp3) is 0.387. The summed E-state index contributed by atoms with van der Waals surface area (Å²) in [6.07, 6.45) is -3.40. The zero-order valence-electron chi connectivity index (χ0n) is 52.4. The van der Waals surface area contributed by atoms with Gasteiger partial charge in [-0.2, -0.15) is 11.8 Å². The number of carboxylic acid groups (broad SMARTS) is 4. The van der Waals surface area contributed by atoms with Crippen LogP contribution in [0.4, 0.5) is 0 Å². The number of aromatic hydroxyl groups is 4. The van der Waals surface area contributed by atoms with Gasteiger partial charge in [0.05, 0.1) is 25.3 Å². The number of amides is 9. The lowest BCUT2D eigenvalue weighted by Crippen LogP contribution is -2.61. The maximum absolute atomic E-state index is 14.5. The van der Waals surface area contributed by atoms with Crippen LogP contribution in [-0.4, -0.2) is 203 Å². The van der Waals surface area contributed by atoms with Crippen molar-refractivity contribution in [1.82, 2.24) is 53.2 Å². The van der Waals surface area contributed by atoms with Crippen LogP contribution in [-0.2, 0) is 88.0 Å². The monoisotopic (exact) mass is 1370 g/mol. The molecule has 524 valence electrons. The van der Waals surface area contributed by atoms with E-state index >= 15 is 0 Å². The third kappa shape index (κ3) is 28.1. The molecule has 35 heteroatoms. The fourth-order valence-corrected chi connectivity index (χ4v) is 9.72. The van der Waals surface area contributed by atoms with Crippen molar-refractivity contribution in [2.24, 2.45) is 11.5 Å². The molecule has 34 nitrogen and oxygen atoms in total. The SMILES string of the molecule is CSCC[C@H](NC(=O)[C@H](C)NC(=O)[C@H](Cc1ccc(O)cc1)NC(=O)[C@H](CC(=O)O)NC(=O)[C@H](Cc1ccc(O)cc1)NC(=O)[C@H](CC(=O)O)NC(=O)[C@H](CCCNC(=N)N)NC(=O)[C@@H](N)Cc1ccc(O)cc1)C(=O)N[C@@H](CC(=O)O)C(=O)N[C@@H](Cc1ccc(O)cc1)C(=O)O. The number of carbonyl (C=O) groups excluding carboxylic acids is 9. The molecule has 9 amide bonds. The first-order chi connectivity index (χ1) is 45.8. The standard InChI is InChI=1S/C62H79N13O21S/c1-31(52(86)68-42(21-23-97-2)55(89)73-47(30-51(84)85)60(94)75-48(61(95)96)27-35-11-19-39(79)20-12-35)67-56(90)43(25-33-7-15-37(77)16-8-33)70-59(93)46(29-50(82)83)74-57(91)44(26-34-9-17-38(78)18-10-34)71-58(92)45(28-49(80)81)72-54(88)41(4-3-22-66-62(64)65)69-53(87)40(63)24-32-5-13-36(76)14-6-32/h5-20,31,40-48,76-79H,3-4,21-30,63H2,1-2H3,(H,67,90)(H,68,86)(H,69,87)(H,70,93)(H,71,92)(H,72,88)(H,73,89)(H,74,91)(H,75,94)(H,80,81)(H,82,83)(H,84,85)(H,95,96)(H4,64,65,66)/t31-,40-,41-,42-,43-,44-,45-,46-,47-,48-/m0/s1. The number of hydrogen-bond donors (Lipinski definition) is 21. The molecule has 4 aromatic rings. The molecule has 0 radical (unpaired) electrons. The number of rotatable bonds is 40. The maximum Gasteiger partial charge on any atom is 0.326 e. The lowest BCUT2D eigenvalue weighted by molar-refractivity contribution is -0.144. The molecule has 23 N–H and O–H groups in total. The van der Waals surface area contributed by atoms with Gasteiger partial charge in [0, 0.05) is 25.8 Å². The Morgan fingerprint density at radius 2 is 0.691 bits per heavy atom. The Labute approximate surface area is 558 Å². The van der Waals surface area contributed by atoms with Gasteiger partial charge >= 0.3 is 23.9 Å². The largest absolute Gasteiger partial charge is 0.508 e. The van der Waals surface area contributed by atoms with Gasteiger partial charge in [-0.3, -0.25) is 62.9 Å². The third-order valence-corrected chi connectivity index (χ3v) is 15.0. The number of carboxylic acids is 4. The van der Waals surface area contributed by atoms with Crippen molar-refractivity contribution in [3.05, 3.63) is 119 Å². The van der Waals surface area contributed by atoms with Crippen LogP contribution in [0, 0.1) is 5.41 Å². The smallest absolute Gasteiger partial charge is 0.326 e. The van der Waals surface area contributed by atoms with Gasteiger partial charge in [-0.25, -0.2) is 4.79 Å². The first-order valence-electron chi connectivity index (χ1n) is 29.9. The minimum absolute atomic E-state index is 0.0105. The fourth-order valence-electron chi connectivity index (χ4n) is 9.24. The molecule has 4 aromatic carbocycles. The number of aliphatic carboxylic acids is 4. The van der Waals surface area contributed by atoms with E-state index in [2.05, 4.69) is 53.2 Å². The summed E-state index contributed by atoms with van der Waals surface area (Å²) >= 11 is 1.22. The van der Waals surface area contributed by atoms with E-state index in [1.807, 2.05) is 0 Å². The van der Waals surface area contributed by atoms with Crippen LogP contribution in [0.3, 0.4) is 0 Å². The summed E-state index contributed by atoms with van der Waals surface area (Å²) in [5, 5.41) is 110. The summed E-state index contributed by atoms with van der Waals surface area (Å²) < 4.78 is 0. The molecule has 0 heterocycles. The van der Waals surface area contributed by atoms with E-state index in [0.717, 1.165) is 6.92 Å². The number of phenols is 4. The predicted octanol–water partition coefficient (Wildman–Crippen LogP) is -2.98. The number of hydrogen-bond acceptors (Lipinski definition) is 20. The molecule has 97 heavy (non-hydrogen) atoms. The Balaban J connectivity index is 1.59. The number of nitrogens with one attached hydrogen (secondary N) is 11. The first-order valence-corrected chi connectivity index (χ1v) is 31.3. The molecular formula is C62H79N13O21S. The van der Waals surface area contributed by atoms with E-state index in [9.17, 15) is 103 Å². The molecule has 0 saturated carbocycles. The summed E-state index contributed by atoms with van der Waals surface area (Å²) in [6.45, 7) is 1.17. The number of nitrogens with two attached hydrogens (primary N) is 2. The van der Waals surface area contributed by atoms with Gasteiger partial charge in [0.15, 0.2) is 5.96 Å². The van der Waals surface area contributed by atoms with Crippen molar-refractivity contribution >= 4 is 94.8 Å². The Morgan fingerprint density at radius 1 is 0.402 bits per heavy atom. The molecule has 0 aliphatic heterocycles. The van der Waals surface area contributed by atoms with E-state index in [4.69, 9.17) is 16.9 Å². The summed E-state index contributed by atoms with van der Waals surface area (Å²) in [5.41, 5.74) is 12.9. The highest BCUT2D eigenvalue weighted by molar-refractivity contribution is 7.98. The molecule has 0 aromatic heterocycles. The van der Waals surface area contributed by atoms with Crippen molar-refractivity contribution in [2.45, 2.75) is 132 Å². The van der Waals surface area contributed by atoms with Gasteiger partial charge in [-0.15, -0.1) is 0 Å². The molecule has 0 unspecified atom stereocenters. The zero-order valence-corrected chi connectivity index (χ0v) is 53.3. The van der Waals surface area contributed by atoms with Crippen LogP contribution in [0.1, 0.15) is 67.7 Å². The molecule has 4 rings (SSSR count). The zero-order chi connectivity index (χ0) is 72.1. The number of phenolic OH excluding ortho intramolecular Hbond substituents is 4. The van der Waals surface area contributed by atoms with Gasteiger partial charge < -0.3 is 105 Å². The molecule has 10 atom stereocenters. The van der Waals surface area contributed by atoms with E-state index in [-0.39, 0.29) is 78.5 Å². The third-order valence-electron chi connectivity index (χ3n) is 14.4. The van der Waals surface area contributed by atoms with E-state index < -0.39 is 176 Å². The van der Waals surface area contributed by atoms with Gasteiger partial charge in [0.25, 0.3) is 0 Å². The van der Waals surface area contributed by atoms with Gasteiger partial charge in [0.1, 0.15) is 77.4 Å². The second-order valence-corrected chi connectivity index (χ2v) is 23.2. The summed E-state index contributed by atoms with van der Waals surface area (Å²) in [4.78, 5) is 175. The van der Waals surface area contributed by atoms with Crippen LogP contribution in [0.15, 0.2) is 97.1 Å².